The molecule has 1 aliphatic rings. The van der Waals surface area contributed by atoms with Gasteiger partial charge in [-0.25, -0.2) is 8.42 Å². The van der Waals surface area contributed by atoms with Crippen molar-refractivity contribution in [3.63, 3.8) is 0 Å². The monoisotopic (exact) mass is 297 g/mol. The van der Waals surface area contributed by atoms with Crippen LogP contribution >= 0.6 is 0 Å². The lowest BCUT2D eigenvalue weighted by atomic mass is 10.0. The summed E-state index contributed by atoms with van der Waals surface area (Å²) in [7, 11) is -3.27. The Balaban J connectivity index is 2.04. The lowest BCUT2D eigenvalue weighted by molar-refractivity contribution is 0.288. The first-order chi connectivity index (χ1) is 9.62. The van der Waals surface area contributed by atoms with Crippen molar-refractivity contribution < 1.29 is 13.5 Å². The van der Waals surface area contributed by atoms with Crippen molar-refractivity contribution in [2.75, 3.05) is 11.3 Å². The van der Waals surface area contributed by atoms with Crippen molar-refractivity contribution in [3.05, 3.63) is 29.8 Å². The van der Waals surface area contributed by atoms with E-state index in [1.807, 2.05) is 18.2 Å². The van der Waals surface area contributed by atoms with Gasteiger partial charge in [0.2, 0.25) is 10.0 Å². The molecular weight excluding hydrogens is 274 g/mol. The number of aliphatic hydroxyl groups is 1. The van der Waals surface area contributed by atoms with Crippen molar-refractivity contribution in [1.82, 2.24) is 0 Å². The molecule has 0 heterocycles. The number of sulfonamides is 1. The molecule has 1 aromatic carbocycles. The molecule has 2 rings (SSSR count). The van der Waals surface area contributed by atoms with E-state index in [0.717, 1.165) is 44.1 Å². The van der Waals surface area contributed by atoms with E-state index in [1.165, 1.54) is 0 Å². The van der Waals surface area contributed by atoms with Crippen LogP contribution in [0, 0.1) is 0 Å². The molecule has 1 aliphatic carbocycles. The molecule has 1 saturated carbocycles. The predicted molar refractivity (Wildman–Crippen MR) is 81.3 cm³/mol. The Kier molecular flexibility index (Phi) is 5.43. The molecule has 5 heteroatoms. The van der Waals surface area contributed by atoms with Crippen LogP contribution in [0.15, 0.2) is 24.3 Å². The first-order valence-corrected chi connectivity index (χ1v) is 8.88. The molecule has 20 heavy (non-hydrogen) atoms. The summed E-state index contributed by atoms with van der Waals surface area (Å²) in [6.45, 7) is 0.151. The summed E-state index contributed by atoms with van der Waals surface area (Å²) in [5, 5.41) is 8.59. The average Bonchev–Trinajstić information content (AvgIpc) is 2.46. The van der Waals surface area contributed by atoms with E-state index in [9.17, 15) is 8.42 Å². The molecule has 0 bridgehead atoms. The first kappa shape index (κ1) is 15.3. The first-order valence-electron chi connectivity index (χ1n) is 7.33. The molecule has 0 unspecified atom stereocenters. The number of hydrogen-bond acceptors (Lipinski definition) is 3. The maximum absolute atomic E-state index is 12.3. The second kappa shape index (κ2) is 7.09. The van der Waals surface area contributed by atoms with Crippen molar-refractivity contribution in [3.8, 4) is 0 Å². The summed E-state index contributed by atoms with van der Waals surface area (Å²) in [6, 6.07) is 7.44. The van der Waals surface area contributed by atoms with Gasteiger partial charge in [-0.1, -0.05) is 31.4 Å². The molecule has 2 N–H and O–H groups in total. The van der Waals surface area contributed by atoms with E-state index < -0.39 is 10.0 Å². The molecule has 0 aliphatic heterocycles. The van der Waals surface area contributed by atoms with Gasteiger partial charge >= 0.3 is 0 Å². The normalized spacial score (nSPS) is 17.1. The van der Waals surface area contributed by atoms with Gasteiger partial charge in [-0.3, -0.25) is 4.72 Å². The van der Waals surface area contributed by atoms with Gasteiger partial charge in [-0.2, -0.15) is 0 Å². The fourth-order valence-electron chi connectivity index (χ4n) is 2.70. The van der Waals surface area contributed by atoms with Crippen LogP contribution in [0.4, 0.5) is 5.69 Å². The number of nitrogens with one attached hydrogen (secondary N) is 1. The third-order valence-corrected chi connectivity index (χ3v) is 5.67. The van der Waals surface area contributed by atoms with Gasteiger partial charge in [0.1, 0.15) is 0 Å². The van der Waals surface area contributed by atoms with Crippen LogP contribution in [0.2, 0.25) is 0 Å². The van der Waals surface area contributed by atoms with E-state index in [-0.39, 0.29) is 11.9 Å². The molecule has 1 fully saturated rings. The molecule has 0 aromatic heterocycles. The summed E-state index contributed by atoms with van der Waals surface area (Å²) < 4.78 is 27.4. The highest BCUT2D eigenvalue weighted by Crippen LogP contribution is 2.25. The molecule has 1 aromatic rings. The quantitative estimate of drug-likeness (QED) is 0.848. The van der Waals surface area contributed by atoms with E-state index in [2.05, 4.69) is 4.72 Å². The van der Waals surface area contributed by atoms with Crippen LogP contribution in [-0.2, 0) is 16.4 Å². The SMILES string of the molecule is O=S(=O)(Nc1cccc(CCCO)c1)C1CCCCC1. The molecule has 0 saturated heterocycles. The summed E-state index contributed by atoms with van der Waals surface area (Å²) in [4.78, 5) is 0. The van der Waals surface area contributed by atoms with Crippen LogP contribution in [0.3, 0.4) is 0 Å². The van der Waals surface area contributed by atoms with Gasteiger partial charge in [0.15, 0.2) is 0 Å². The largest absolute Gasteiger partial charge is 0.396 e. The fourth-order valence-corrected chi connectivity index (χ4v) is 4.27. The van der Waals surface area contributed by atoms with Crippen LogP contribution in [-0.4, -0.2) is 25.4 Å². The van der Waals surface area contributed by atoms with Gasteiger partial charge in [-0.05, 0) is 43.4 Å². The minimum absolute atomic E-state index is 0.151. The zero-order valence-electron chi connectivity index (χ0n) is 11.7. The van der Waals surface area contributed by atoms with E-state index in [4.69, 9.17) is 5.11 Å². The second-order valence-corrected chi connectivity index (χ2v) is 7.40. The topological polar surface area (TPSA) is 66.4 Å². The Labute approximate surface area is 121 Å². The van der Waals surface area contributed by atoms with Gasteiger partial charge in [0.25, 0.3) is 0 Å². The fraction of sp³-hybridized carbons (Fsp3) is 0.600. The second-order valence-electron chi connectivity index (χ2n) is 5.43. The van der Waals surface area contributed by atoms with Crippen molar-refractivity contribution in [1.29, 1.82) is 0 Å². The lowest BCUT2D eigenvalue weighted by Gasteiger charge is -2.22. The summed E-state index contributed by atoms with van der Waals surface area (Å²) in [5.74, 6) is 0. The molecule has 112 valence electrons. The number of aryl methyl sites for hydroxylation is 1. The predicted octanol–water partition coefficient (Wildman–Crippen LogP) is 2.69. The van der Waals surface area contributed by atoms with E-state index in [0.29, 0.717) is 12.1 Å². The summed E-state index contributed by atoms with van der Waals surface area (Å²) in [5.41, 5.74) is 1.67. The van der Waals surface area contributed by atoms with Gasteiger partial charge in [-0.15, -0.1) is 0 Å². The smallest absolute Gasteiger partial charge is 0.235 e. The van der Waals surface area contributed by atoms with Crippen LogP contribution in [0.5, 0.6) is 0 Å². The minimum atomic E-state index is -3.27. The standard InChI is InChI=1S/C15H23NO3S/c17-11-5-7-13-6-4-8-14(12-13)16-20(18,19)15-9-2-1-3-10-15/h4,6,8,12,15-17H,1-3,5,7,9-11H2. The third-order valence-electron chi connectivity index (χ3n) is 3.80. The van der Waals surface area contributed by atoms with E-state index >= 15 is 0 Å². The third kappa shape index (κ3) is 4.21. The number of rotatable bonds is 6. The molecular formula is C15H23NO3S. The average molecular weight is 297 g/mol. The Morgan fingerprint density at radius 1 is 1.20 bits per heavy atom. The molecule has 0 radical (unpaired) electrons. The summed E-state index contributed by atoms with van der Waals surface area (Å²) >= 11 is 0. The summed E-state index contributed by atoms with van der Waals surface area (Å²) in [6.07, 6.45) is 6.13. The zero-order valence-corrected chi connectivity index (χ0v) is 12.5. The highest BCUT2D eigenvalue weighted by molar-refractivity contribution is 7.93. The zero-order chi connectivity index (χ0) is 14.4. The maximum Gasteiger partial charge on any atom is 0.235 e. The molecule has 0 atom stereocenters. The highest BCUT2D eigenvalue weighted by atomic mass is 32.2. The number of anilines is 1. The molecule has 4 nitrogen and oxygen atoms in total. The minimum Gasteiger partial charge on any atom is -0.396 e. The lowest BCUT2D eigenvalue weighted by Crippen LogP contribution is -2.29. The van der Waals surface area contributed by atoms with Crippen LogP contribution < -0.4 is 4.72 Å². The Morgan fingerprint density at radius 3 is 2.65 bits per heavy atom. The van der Waals surface area contributed by atoms with Crippen LogP contribution in [0.1, 0.15) is 44.1 Å². The Hall–Kier alpha value is -1.07. The van der Waals surface area contributed by atoms with E-state index in [1.54, 1.807) is 6.07 Å². The van der Waals surface area contributed by atoms with Crippen molar-refractivity contribution in [2.45, 2.75) is 50.2 Å². The number of benzene rings is 1. The van der Waals surface area contributed by atoms with Crippen molar-refractivity contribution in [2.24, 2.45) is 0 Å². The molecule has 0 amide bonds. The van der Waals surface area contributed by atoms with Gasteiger partial charge in [0, 0.05) is 12.3 Å². The Morgan fingerprint density at radius 2 is 1.95 bits per heavy atom. The van der Waals surface area contributed by atoms with Crippen molar-refractivity contribution >= 4 is 15.7 Å². The number of aliphatic hydroxyl groups excluding tert-OH is 1. The molecule has 0 spiro atoms. The van der Waals surface area contributed by atoms with Crippen LogP contribution in [0.25, 0.3) is 0 Å². The highest BCUT2D eigenvalue weighted by Gasteiger charge is 2.27. The van der Waals surface area contributed by atoms with Gasteiger partial charge in [0.05, 0.1) is 5.25 Å². The van der Waals surface area contributed by atoms with Gasteiger partial charge < -0.3 is 5.11 Å². The maximum atomic E-state index is 12.3. The number of hydrogen-bond donors (Lipinski definition) is 2. The Bertz CT molecular complexity index is 522.